The molecule has 1 fully saturated rings. The molecule has 0 bridgehead atoms. The maximum absolute atomic E-state index is 12.8. The van der Waals surface area contributed by atoms with Crippen molar-refractivity contribution in [3.8, 4) is 5.75 Å². The summed E-state index contributed by atoms with van der Waals surface area (Å²) >= 11 is 6.40. The van der Waals surface area contributed by atoms with Gasteiger partial charge >= 0.3 is 11.9 Å². The number of amides is 1. The summed E-state index contributed by atoms with van der Waals surface area (Å²) < 4.78 is 5.37. The second-order valence-corrected chi connectivity index (χ2v) is 7.30. The van der Waals surface area contributed by atoms with Crippen molar-refractivity contribution >= 4 is 57.9 Å². The van der Waals surface area contributed by atoms with Crippen molar-refractivity contribution < 1.29 is 29.3 Å². The SMILES string of the molecule is O=C(O)COc1ccc(/C=C2\SC(=S)N(c3cccc(C(=O)O)c3)C2=O)cc1. The van der Waals surface area contributed by atoms with Gasteiger partial charge in [-0.05, 0) is 42.0 Å². The number of thioether (sulfide) groups is 1. The molecule has 3 rings (SSSR count). The van der Waals surface area contributed by atoms with Gasteiger partial charge in [0, 0.05) is 0 Å². The zero-order valence-electron chi connectivity index (χ0n) is 14.2. The fourth-order valence-corrected chi connectivity index (χ4v) is 3.72. The number of nitrogens with zero attached hydrogens (tertiary/aromatic N) is 1. The zero-order valence-corrected chi connectivity index (χ0v) is 15.8. The minimum absolute atomic E-state index is 0.0625. The van der Waals surface area contributed by atoms with Gasteiger partial charge in [0.05, 0.1) is 16.2 Å². The third-order valence-corrected chi connectivity index (χ3v) is 4.99. The van der Waals surface area contributed by atoms with Crippen LogP contribution in [0.15, 0.2) is 53.4 Å². The topological polar surface area (TPSA) is 104 Å². The molecule has 2 aromatic rings. The molecule has 2 N–H and O–H groups in total. The average molecular weight is 415 g/mol. The van der Waals surface area contributed by atoms with Gasteiger partial charge in [-0.3, -0.25) is 9.69 Å². The number of carboxylic acid groups (broad SMARTS) is 2. The number of carboxylic acids is 2. The number of ether oxygens (including phenoxy) is 1. The first-order chi connectivity index (χ1) is 13.3. The minimum atomic E-state index is -1.09. The fourth-order valence-electron chi connectivity index (χ4n) is 2.43. The number of rotatable bonds is 6. The summed E-state index contributed by atoms with van der Waals surface area (Å²) in [7, 11) is 0. The lowest BCUT2D eigenvalue weighted by Gasteiger charge is -2.14. The van der Waals surface area contributed by atoms with E-state index in [4.69, 9.17) is 27.2 Å². The maximum Gasteiger partial charge on any atom is 0.341 e. The van der Waals surface area contributed by atoms with Crippen molar-refractivity contribution in [3.05, 3.63) is 64.6 Å². The predicted molar refractivity (Wildman–Crippen MR) is 109 cm³/mol. The number of carbonyl (C=O) groups is 3. The van der Waals surface area contributed by atoms with Crippen molar-refractivity contribution in [1.29, 1.82) is 0 Å². The van der Waals surface area contributed by atoms with Crippen LogP contribution < -0.4 is 9.64 Å². The average Bonchev–Trinajstić information content (AvgIpc) is 2.94. The highest BCUT2D eigenvalue weighted by molar-refractivity contribution is 8.27. The second-order valence-electron chi connectivity index (χ2n) is 5.62. The number of hydrogen-bond donors (Lipinski definition) is 2. The molecule has 1 heterocycles. The highest BCUT2D eigenvalue weighted by Crippen LogP contribution is 2.36. The Morgan fingerprint density at radius 1 is 1.14 bits per heavy atom. The van der Waals surface area contributed by atoms with E-state index in [-0.39, 0.29) is 11.5 Å². The third-order valence-electron chi connectivity index (χ3n) is 3.69. The van der Waals surface area contributed by atoms with E-state index in [9.17, 15) is 14.4 Å². The maximum atomic E-state index is 12.8. The van der Waals surface area contributed by atoms with Crippen LogP contribution in [-0.4, -0.2) is 39.0 Å². The number of benzene rings is 2. The monoisotopic (exact) mass is 415 g/mol. The zero-order chi connectivity index (χ0) is 20.3. The van der Waals surface area contributed by atoms with Crippen molar-refractivity contribution in [2.45, 2.75) is 0 Å². The number of aliphatic carboxylic acids is 1. The molecule has 0 saturated carbocycles. The molecule has 28 heavy (non-hydrogen) atoms. The van der Waals surface area contributed by atoms with Gasteiger partial charge in [-0.1, -0.05) is 42.2 Å². The number of hydrogen-bond acceptors (Lipinski definition) is 6. The Kier molecular flexibility index (Phi) is 5.76. The molecule has 0 aromatic heterocycles. The molecule has 0 aliphatic carbocycles. The molecule has 0 spiro atoms. The van der Waals surface area contributed by atoms with Gasteiger partial charge in [0.15, 0.2) is 10.9 Å². The van der Waals surface area contributed by atoms with Gasteiger partial charge in [0.1, 0.15) is 5.75 Å². The Morgan fingerprint density at radius 3 is 2.50 bits per heavy atom. The number of anilines is 1. The minimum Gasteiger partial charge on any atom is -0.482 e. The largest absolute Gasteiger partial charge is 0.482 e. The van der Waals surface area contributed by atoms with E-state index in [1.807, 2.05) is 0 Å². The molecule has 0 unspecified atom stereocenters. The Labute approximate surface area is 169 Å². The van der Waals surface area contributed by atoms with Gasteiger partial charge < -0.3 is 14.9 Å². The molecule has 142 valence electrons. The first-order valence-corrected chi connectivity index (χ1v) is 9.13. The molecule has 1 aliphatic heterocycles. The molecule has 1 aliphatic rings. The normalized spacial score (nSPS) is 15.1. The van der Waals surface area contributed by atoms with Crippen LogP contribution in [0.2, 0.25) is 0 Å². The van der Waals surface area contributed by atoms with E-state index in [0.29, 0.717) is 26.2 Å². The van der Waals surface area contributed by atoms with Crippen molar-refractivity contribution in [2.24, 2.45) is 0 Å². The fraction of sp³-hybridized carbons (Fsp3) is 0.0526. The Bertz CT molecular complexity index is 1000. The quantitative estimate of drug-likeness (QED) is 0.547. The molecule has 1 amide bonds. The molecule has 1 saturated heterocycles. The lowest BCUT2D eigenvalue weighted by atomic mass is 10.1. The van der Waals surface area contributed by atoms with Gasteiger partial charge in [0.25, 0.3) is 5.91 Å². The van der Waals surface area contributed by atoms with Gasteiger partial charge in [-0.15, -0.1) is 0 Å². The van der Waals surface area contributed by atoms with Crippen LogP contribution in [0.4, 0.5) is 5.69 Å². The summed E-state index contributed by atoms with van der Waals surface area (Å²) in [4.78, 5) is 36.1. The Morgan fingerprint density at radius 2 is 1.86 bits per heavy atom. The van der Waals surface area contributed by atoms with Crippen molar-refractivity contribution in [1.82, 2.24) is 0 Å². The second kappa shape index (κ2) is 8.24. The number of thiocarbonyl (C=S) groups is 1. The van der Waals surface area contributed by atoms with Gasteiger partial charge in [-0.25, -0.2) is 9.59 Å². The first-order valence-electron chi connectivity index (χ1n) is 7.91. The van der Waals surface area contributed by atoms with Crippen LogP contribution >= 0.6 is 24.0 Å². The molecule has 9 heteroatoms. The summed E-state index contributed by atoms with van der Waals surface area (Å²) in [6.45, 7) is -0.437. The lowest BCUT2D eigenvalue weighted by molar-refractivity contribution is -0.139. The smallest absolute Gasteiger partial charge is 0.341 e. The summed E-state index contributed by atoms with van der Waals surface area (Å²) in [5.74, 6) is -2.10. The summed E-state index contributed by atoms with van der Waals surface area (Å²) in [5, 5.41) is 17.7. The van der Waals surface area contributed by atoms with Crippen molar-refractivity contribution in [3.63, 3.8) is 0 Å². The van der Waals surface area contributed by atoms with Crippen LogP contribution in [0.1, 0.15) is 15.9 Å². The molecular formula is C19H13NO6S2. The van der Waals surface area contributed by atoms with Crippen LogP contribution in [0.25, 0.3) is 6.08 Å². The summed E-state index contributed by atoms with van der Waals surface area (Å²) in [5.41, 5.74) is 1.16. The predicted octanol–water partition coefficient (Wildman–Crippen LogP) is 3.25. The number of aromatic carboxylic acids is 1. The van der Waals surface area contributed by atoms with Crippen LogP contribution in [0.3, 0.4) is 0 Å². The third kappa shape index (κ3) is 4.38. The summed E-state index contributed by atoms with van der Waals surface area (Å²) in [6, 6.07) is 12.6. The first kappa shape index (κ1) is 19.6. The highest BCUT2D eigenvalue weighted by atomic mass is 32.2. The molecule has 7 nitrogen and oxygen atoms in total. The van der Waals surface area contributed by atoms with Gasteiger partial charge in [0.2, 0.25) is 0 Å². The van der Waals surface area contributed by atoms with Crippen molar-refractivity contribution in [2.75, 3.05) is 11.5 Å². The Hall–Kier alpha value is -3.17. The summed E-state index contributed by atoms with van der Waals surface area (Å²) in [6.07, 6.45) is 1.65. The van der Waals surface area contributed by atoms with E-state index >= 15 is 0 Å². The number of carbonyl (C=O) groups excluding carboxylic acids is 1. The van der Waals surface area contributed by atoms with E-state index in [1.165, 1.54) is 17.0 Å². The van der Waals surface area contributed by atoms with Crippen LogP contribution in [0.5, 0.6) is 5.75 Å². The highest BCUT2D eigenvalue weighted by Gasteiger charge is 2.33. The molecule has 2 aromatic carbocycles. The van der Waals surface area contributed by atoms with E-state index < -0.39 is 18.5 Å². The van der Waals surface area contributed by atoms with Crippen LogP contribution in [-0.2, 0) is 9.59 Å². The lowest BCUT2D eigenvalue weighted by Crippen LogP contribution is -2.27. The van der Waals surface area contributed by atoms with E-state index in [1.54, 1.807) is 42.5 Å². The molecular weight excluding hydrogens is 402 g/mol. The molecule has 0 atom stereocenters. The van der Waals surface area contributed by atoms with E-state index in [0.717, 1.165) is 11.8 Å². The Balaban J connectivity index is 1.80. The molecule has 0 radical (unpaired) electrons. The van der Waals surface area contributed by atoms with Gasteiger partial charge in [-0.2, -0.15) is 0 Å². The van der Waals surface area contributed by atoms with Crippen LogP contribution in [0, 0.1) is 0 Å². The standard InChI is InChI=1S/C19H13NO6S2/c21-16(22)10-26-14-6-4-11(5-7-14)8-15-17(23)20(19(27)28-15)13-3-1-2-12(9-13)18(24)25/h1-9H,10H2,(H,21,22)(H,24,25)/b15-8-. The van der Waals surface area contributed by atoms with E-state index in [2.05, 4.69) is 0 Å².